The van der Waals surface area contributed by atoms with E-state index in [0.29, 0.717) is 6.04 Å². The molecular weight excluding hydrogens is 354 g/mol. The Labute approximate surface area is 183 Å². The van der Waals surface area contributed by atoms with Gasteiger partial charge in [0.25, 0.3) is 0 Å². The van der Waals surface area contributed by atoms with Crippen molar-refractivity contribution in [1.29, 1.82) is 0 Å². The average molecular weight is 408 g/mol. The molecule has 0 amide bonds. The van der Waals surface area contributed by atoms with Gasteiger partial charge in [-0.25, -0.2) is 0 Å². The van der Waals surface area contributed by atoms with Crippen LogP contribution in [0.3, 0.4) is 0 Å². The molecule has 0 saturated heterocycles. The van der Waals surface area contributed by atoms with Crippen LogP contribution >= 0.6 is 0 Å². The van der Waals surface area contributed by atoms with Gasteiger partial charge in [0.2, 0.25) is 0 Å². The standard InChI is InChI=1S/C26H53N3/c1-7-8-9-10-11-12-20-24(27-5)26(28-6,29-25(2,3)4)23-19-15-17-21-16-13-14-18-22(21)23/h21-24,27-29H,7-20H2,1-6H3. The van der Waals surface area contributed by atoms with Crippen LogP contribution in [0, 0.1) is 17.8 Å². The molecule has 0 aromatic carbocycles. The zero-order chi connectivity index (χ0) is 21.3. The molecule has 172 valence electrons. The number of likely N-dealkylation sites (N-methyl/N-ethyl adjacent to an activating group) is 2. The fourth-order valence-corrected chi connectivity index (χ4v) is 6.71. The van der Waals surface area contributed by atoms with E-state index in [9.17, 15) is 0 Å². The average Bonchev–Trinajstić information content (AvgIpc) is 2.70. The monoisotopic (exact) mass is 407 g/mol. The van der Waals surface area contributed by atoms with Gasteiger partial charge < -0.3 is 10.6 Å². The number of hydrogen-bond donors (Lipinski definition) is 3. The summed E-state index contributed by atoms with van der Waals surface area (Å²) in [5.41, 5.74) is 0.0813. The molecule has 5 unspecified atom stereocenters. The van der Waals surface area contributed by atoms with E-state index in [1.807, 2.05) is 0 Å². The lowest BCUT2D eigenvalue weighted by atomic mass is 9.60. The van der Waals surface area contributed by atoms with Gasteiger partial charge in [0.1, 0.15) is 0 Å². The first-order valence-electron chi connectivity index (χ1n) is 13.0. The molecule has 3 heteroatoms. The summed E-state index contributed by atoms with van der Waals surface area (Å²) in [5.74, 6) is 2.58. The molecule has 2 saturated carbocycles. The Kier molecular flexibility index (Phi) is 10.5. The van der Waals surface area contributed by atoms with E-state index in [1.54, 1.807) is 0 Å². The van der Waals surface area contributed by atoms with Crippen LogP contribution in [0.2, 0.25) is 0 Å². The van der Waals surface area contributed by atoms with E-state index < -0.39 is 0 Å². The van der Waals surface area contributed by atoms with Crippen LogP contribution in [-0.4, -0.2) is 31.3 Å². The van der Waals surface area contributed by atoms with Gasteiger partial charge in [0.05, 0.1) is 5.66 Å². The Morgan fingerprint density at radius 2 is 1.48 bits per heavy atom. The lowest BCUT2D eigenvalue weighted by molar-refractivity contribution is -0.0168. The minimum Gasteiger partial charge on any atom is -0.314 e. The Morgan fingerprint density at radius 3 is 2.14 bits per heavy atom. The third-order valence-electron chi connectivity index (χ3n) is 7.90. The summed E-state index contributed by atoms with van der Waals surface area (Å²) in [6, 6.07) is 0.476. The van der Waals surface area contributed by atoms with Crippen LogP contribution in [-0.2, 0) is 0 Å². The molecule has 0 aromatic rings. The van der Waals surface area contributed by atoms with Gasteiger partial charge in [-0.05, 0) is 71.9 Å². The fraction of sp³-hybridized carbons (Fsp3) is 1.00. The second-order valence-corrected chi connectivity index (χ2v) is 11.1. The first-order chi connectivity index (χ1) is 13.9. The SMILES string of the molecule is CCCCCCCCC(NC)C(NC)(NC(C)(C)C)C1CCCC2CCCCC21. The quantitative estimate of drug-likeness (QED) is 0.265. The highest BCUT2D eigenvalue weighted by atomic mass is 15.3. The molecule has 2 rings (SSSR count). The summed E-state index contributed by atoms with van der Waals surface area (Å²) in [7, 11) is 4.41. The molecule has 0 spiro atoms. The highest BCUT2D eigenvalue weighted by Gasteiger charge is 2.51. The first kappa shape index (κ1) is 25.1. The summed E-state index contributed by atoms with van der Waals surface area (Å²) in [4.78, 5) is 0. The minimum atomic E-state index is -0.0168. The molecule has 0 bridgehead atoms. The van der Waals surface area contributed by atoms with Crippen molar-refractivity contribution < 1.29 is 0 Å². The molecule has 2 aliphatic carbocycles. The number of rotatable bonds is 12. The Balaban J connectivity index is 2.18. The minimum absolute atomic E-state index is 0.0168. The van der Waals surface area contributed by atoms with Crippen LogP contribution in [0.5, 0.6) is 0 Å². The topological polar surface area (TPSA) is 36.1 Å². The summed E-state index contributed by atoms with van der Waals surface area (Å²) < 4.78 is 0. The van der Waals surface area contributed by atoms with E-state index in [-0.39, 0.29) is 11.2 Å². The zero-order valence-corrected chi connectivity index (χ0v) is 20.7. The van der Waals surface area contributed by atoms with Gasteiger partial charge >= 0.3 is 0 Å². The van der Waals surface area contributed by atoms with Crippen LogP contribution in [0.4, 0.5) is 0 Å². The van der Waals surface area contributed by atoms with Crippen LogP contribution in [0.15, 0.2) is 0 Å². The summed E-state index contributed by atoms with van der Waals surface area (Å²) in [6.07, 6.45) is 19.6. The Morgan fingerprint density at radius 1 is 0.828 bits per heavy atom. The van der Waals surface area contributed by atoms with Gasteiger partial charge in [-0.15, -0.1) is 0 Å². The van der Waals surface area contributed by atoms with Crippen LogP contribution in [0.25, 0.3) is 0 Å². The lowest BCUT2D eigenvalue weighted by Crippen LogP contribution is -2.75. The maximum Gasteiger partial charge on any atom is 0.0877 e. The number of nitrogens with one attached hydrogen (secondary N) is 3. The van der Waals surface area contributed by atoms with E-state index in [2.05, 4.69) is 57.7 Å². The Bertz CT molecular complexity index is 442. The van der Waals surface area contributed by atoms with Gasteiger partial charge in [0.15, 0.2) is 0 Å². The van der Waals surface area contributed by atoms with Crippen molar-refractivity contribution in [3.05, 3.63) is 0 Å². The largest absolute Gasteiger partial charge is 0.314 e. The van der Waals surface area contributed by atoms with Gasteiger partial charge in [0, 0.05) is 11.6 Å². The van der Waals surface area contributed by atoms with Crippen LogP contribution in [0.1, 0.15) is 118 Å². The maximum absolute atomic E-state index is 4.16. The molecule has 0 heterocycles. The van der Waals surface area contributed by atoms with E-state index in [1.165, 1.54) is 89.9 Å². The first-order valence-corrected chi connectivity index (χ1v) is 13.0. The molecule has 3 nitrogen and oxygen atoms in total. The predicted octanol–water partition coefficient (Wildman–Crippen LogP) is 6.24. The molecule has 0 radical (unpaired) electrons. The van der Waals surface area contributed by atoms with E-state index >= 15 is 0 Å². The van der Waals surface area contributed by atoms with Crippen molar-refractivity contribution in [3.8, 4) is 0 Å². The number of unbranched alkanes of at least 4 members (excludes halogenated alkanes) is 5. The summed E-state index contributed by atoms with van der Waals surface area (Å²) in [6.45, 7) is 9.34. The van der Waals surface area contributed by atoms with Gasteiger partial charge in [-0.1, -0.05) is 77.6 Å². The summed E-state index contributed by atoms with van der Waals surface area (Å²) >= 11 is 0. The lowest BCUT2D eigenvalue weighted by Gasteiger charge is -2.56. The van der Waals surface area contributed by atoms with Crippen molar-refractivity contribution >= 4 is 0 Å². The zero-order valence-electron chi connectivity index (χ0n) is 20.7. The van der Waals surface area contributed by atoms with Crippen molar-refractivity contribution in [2.75, 3.05) is 14.1 Å². The normalized spacial score (nSPS) is 28.6. The molecule has 29 heavy (non-hydrogen) atoms. The van der Waals surface area contributed by atoms with E-state index in [4.69, 9.17) is 0 Å². The number of hydrogen-bond acceptors (Lipinski definition) is 3. The van der Waals surface area contributed by atoms with E-state index in [0.717, 1.165) is 17.8 Å². The highest BCUT2D eigenvalue weighted by Crippen LogP contribution is 2.48. The Hall–Kier alpha value is -0.120. The third kappa shape index (κ3) is 6.94. The highest BCUT2D eigenvalue weighted by molar-refractivity contribution is 5.07. The molecule has 3 N–H and O–H groups in total. The molecule has 0 aliphatic heterocycles. The van der Waals surface area contributed by atoms with Crippen LogP contribution < -0.4 is 16.0 Å². The maximum atomic E-state index is 4.16. The molecular formula is C26H53N3. The smallest absolute Gasteiger partial charge is 0.0877 e. The predicted molar refractivity (Wildman–Crippen MR) is 128 cm³/mol. The van der Waals surface area contributed by atoms with Crippen molar-refractivity contribution in [1.82, 2.24) is 16.0 Å². The van der Waals surface area contributed by atoms with Gasteiger partial charge in [-0.2, -0.15) is 0 Å². The second-order valence-electron chi connectivity index (χ2n) is 11.1. The molecule has 5 atom stereocenters. The molecule has 2 aliphatic rings. The molecule has 0 aromatic heterocycles. The van der Waals surface area contributed by atoms with Crippen molar-refractivity contribution in [3.63, 3.8) is 0 Å². The fourth-order valence-electron chi connectivity index (χ4n) is 6.71. The van der Waals surface area contributed by atoms with Crippen molar-refractivity contribution in [2.45, 2.75) is 135 Å². The van der Waals surface area contributed by atoms with Gasteiger partial charge in [-0.3, -0.25) is 5.32 Å². The molecule has 2 fully saturated rings. The number of fused-ring (bicyclic) bond motifs is 1. The van der Waals surface area contributed by atoms with Crippen molar-refractivity contribution in [2.24, 2.45) is 17.8 Å². The summed E-state index contributed by atoms with van der Waals surface area (Å²) in [5, 5.41) is 11.9. The second kappa shape index (κ2) is 12.1. The third-order valence-corrected chi connectivity index (χ3v) is 7.90.